The zero-order valence-electron chi connectivity index (χ0n) is 14.5. The third-order valence-corrected chi connectivity index (χ3v) is 5.03. The molecule has 3 rings (SSSR count). The van der Waals surface area contributed by atoms with E-state index >= 15 is 0 Å². The van der Waals surface area contributed by atoms with Gasteiger partial charge in [-0.2, -0.15) is 0 Å². The average molecular weight is 358 g/mol. The lowest BCUT2D eigenvalue weighted by Crippen LogP contribution is -2.27. The van der Waals surface area contributed by atoms with Crippen LogP contribution < -0.4 is 5.32 Å². The molecule has 1 fully saturated rings. The third-order valence-electron chi connectivity index (χ3n) is 4.69. The van der Waals surface area contributed by atoms with Gasteiger partial charge in [0.1, 0.15) is 0 Å². The van der Waals surface area contributed by atoms with E-state index in [1.807, 2.05) is 49.4 Å². The van der Waals surface area contributed by atoms with Gasteiger partial charge in [0.05, 0.1) is 6.10 Å². The van der Waals surface area contributed by atoms with Crippen molar-refractivity contribution in [2.75, 3.05) is 13.2 Å². The molecule has 0 aromatic heterocycles. The van der Waals surface area contributed by atoms with Gasteiger partial charge in [-0.3, -0.25) is 4.79 Å². The minimum Gasteiger partial charge on any atom is -0.374 e. The van der Waals surface area contributed by atoms with Crippen molar-refractivity contribution in [3.05, 3.63) is 70.7 Å². The molecule has 3 nitrogen and oxygen atoms in total. The number of amides is 1. The van der Waals surface area contributed by atoms with Gasteiger partial charge in [0.2, 0.25) is 5.91 Å². The summed E-state index contributed by atoms with van der Waals surface area (Å²) in [6.45, 7) is 3.33. The summed E-state index contributed by atoms with van der Waals surface area (Å²) in [5.41, 5.74) is 2.26. The molecule has 2 aromatic carbocycles. The van der Waals surface area contributed by atoms with Crippen LogP contribution in [0.25, 0.3) is 0 Å². The number of benzene rings is 2. The van der Waals surface area contributed by atoms with Gasteiger partial charge >= 0.3 is 0 Å². The molecule has 1 amide bonds. The maximum Gasteiger partial charge on any atom is 0.223 e. The number of halogens is 1. The first-order valence-corrected chi connectivity index (χ1v) is 9.23. The van der Waals surface area contributed by atoms with Crippen LogP contribution in [-0.4, -0.2) is 19.1 Å². The van der Waals surface area contributed by atoms with Gasteiger partial charge in [0.25, 0.3) is 0 Å². The number of nitrogens with one attached hydrogen (secondary N) is 1. The van der Waals surface area contributed by atoms with Crippen molar-refractivity contribution in [1.82, 2.24) is 5.32 Å². The Kier molecular flexibility index (Phi) is 6.11. The Morgan fingerprint density at radius 2 is 1.92 bits per heavy atom. The highest BCUT2D eigenvalue weighted by Gasteiger charge is 2.44. The van der Waals surface area contributed by atoms with Gasteiger partial charge in [-0.1, -0.05) is 60.1 Å². The van der Waals surface area contributed by atoms with Gasteiger partial charge < -0.3 is 10.1 Å². The number of hydrogen-bond donors (Lipinski definition) is 1. The van der Waals surface area contributed by atoms with Gasteiger partial charge in [-0.05, 0) is 42.9 Å². The molecule has 1 saturated carbocycles. The second-order valence-corrected chi connectivity index (χ2v) is 6.95. The van der Waals surface area contributed by atoms with Gasteiger partial charge in [0.15, 0.2) is 0 Å². The molecule has 0 aliphatic heterocycles. The fourth-order valence-corrected chi connectivity index (χ4v) is 3.38. The number of carbonyl (C=O) groups is 1. The number of hydrogen-bond acceptors (Lipinski definition) is 2. The highest BCUT2D eigenvalue weighted by Crippen LogP contribution is 2.49. The molecule has 2 aromatic rings. The second-order valence-electron chi connectivity index (χ2n) is 6.54. The maximum absolute atomic E-state index is 12.2. The van der Waals surface area contributed by atoms with E-state index in [4.69, 9.17) is 16.3 Å². The number of ether oxygens (including phenoxy) is 1. The molecule has 0 spiro atoms. The van der Waals surface area contributed by atoms with E-state index in [1.54, 1.807) is 0 Å². The molecular weight excluding hydrogens is 334 g/mol. The summed E-state index contributed by atoms with van der Waals surface area (Å²) in [6, 6.07) is 17.9. The van der Waals surface area contributed by atoms with Gasteiger partial charge in [0, 0.05) is 24.1 Å². The van der Waals surface area contributed by atoms with Crippen LogP contribution in [0, 0.1) is 5.92 Å². The van der Waals surface area contributed by atoms with E-state index in [0.717, 1.165) is 23.4 Å². The average Bonchev–Trinajstić information content (AvgIpc) is 3.43. The highest BCUT2D eigenvalue weighted by atomic mass is 35.5. The molecule has 25 heavy (non-hydrogen) atoms. The summed E-state index contributed by atoms with van der Waals surface area (Å²) in [6.07, 6.45) is 1.77. The van der Waals surface area contributed by atoms with Crippen molar-refractivity contribution in [3.63, 3.8) is 0 Å². The minimum absolute atomic E-state index is 0.0593. The topological polar surface area (TPSA) is 38.3 Å². The molecule has 1 N–H and O–H groups in total. The van der Waals surface area contributed by atoms with Crippen molar-refractivity contribution in [3.8, 4) is 0 Å². The standard InChI is InChI=1S/C21H24ClNO2/c1-15(16-8-3-2-4-9-16)25-13-7-12-23-21(24)19-14-18(19)17-10-5-6-11-20(17)22/h2-6,8-11,15,18-19H,7,12-14H2,1H3,(H,23,24). The molecule has 0 heterocycles. The van der Waals surface area contributed by atoms with Crippen molar-refractivity contribution in [2.45, 2.75) is 31.8 Å². The third kappa shape index (κ3) is 4.83. The Labute approximate surface area is 154 Å². The number of carbonyl (C=O) groups excluding carboxylic acids is 1. The summed E-state index contributed by atoms with van der Waals surface area (Å²) < 4.78 is 5.82. The molecule has 3 atom stereocenters. The normalized spacial score (nSPS) is 20.1. The molecular formula is C21H24ClNO2. The van der Waals surface area contributed by atoms with Gasteiger partial charge in [-0.15, -0.1) is 0 Å². The summed E-state index contributed by atoms with van der Waals surface area (Å²) in [7, 11) is 0. The van der Waals surface area contributed by atoms with E-state index in [0.29, 0.717) is 13.2 Å². The Morgan fingerprint density at radius 3 is 2.68 bits per heavy atom. The maximum atomic E-state index is 12.2. The second kappa shape index (κ2) is 8.50. The highest BCUT2D eigenvalue weighted by molar-refractivity contribution is 6.31. The SMILES string of the molecule is CC(OCCCNC(=O)C1CC1c1ccccc1Cl)c1ccccc1. The van der Waals surface area contributed by atoms with Crippen LogP contribution in [0.15, 0.2) is 54.6 Å². The predicted octanol–water partition coefficient (Wildman–Crippen LogP) is 4.73. The molecule has 0 bridgehead atoms. The summed E-state index contributed by atoms with van der Waals surface area (Å²) >= 11 is 6.21. The first kappa shape index (κ1) is 18.0. The largest absolute Gasteiger partial charge is 0.374 e. The Bertz CT molecular complexity index is 704. The van der Waals surface area contributed by atoms with Crippen LogP contribution in [0.4, 0.5) is 0 Å². The minimum atomic E-state index is 0.0593. The van der Waals surface area contributed by atoms with Gasteiger partial charge in [-0.25, -0.2) is 0 Å². The first-order valence-electron chi connectivity index (χ1n) is 8.85. The van der Waals surface area contributed by atoms with Crippen molar-refractivity contribution >= 4 is 17.5 Å². The summed E-state index contributed by atoms with van der Waals surface area (Å²) in [5.74, 6) is 0.452. The van der Waals surface area contributed by atoms with E-state index < -0.39 is 0 Å². The monoisotopic (exact) mass is 357 g/mol. The molecule has 1 aliphatic carbocycles. The lowest BCUT2D eigenvalue weighted by Gasteiger charge is -2.13. The molecule has 132 valence electrons. The predicted molar refractivity (Wildman–Crippen MR) is 101 cm³/mol. The fourth-order valence-electron chi connectivity index (χ4n) is 3.10. The smallest absolute Gasteiger partial charge is 0.223 e. The summed E-state index contributed by atoms with van der Waals surface area (Å²) in [4.78, 5) is 12.2. The van der Waals surface area contributed by atoms with Crippen molar-refractivity contribution in [1.29, 1.82) is 0 Å². The Hall–Kier alpha value is -1.84. The van der Waals surface area contributed by atoms with Crippen LogP contribution >= 0.6 is 11.6 Å². The Morgan fingerprint density at radius 1 is 1.20 bits per heavy atom. The van der Waals surface area contributed by atoms with Crippen LogP contribution in [-0.2, 0) is 9.53 Å². The van der Waals surface area contributed by atoms with E-state index in [1.165, 1.54) is 5.56 Å². The lowest BCUT2D eigenvalue weighted by atomic mass is 10.1. The quantitative estimate of drug-likeness (QED) is 0.694. The van der Waals surface area contributed by atoms with Crippen LogP contribution in [0.5, 0.6) is 0 Å². The van der Waals surface area contributed by atoms with Crippen molar-refractivity contribution in [2.24, 2.45) is 5.92 Å². The first-order chi connectivity index (χ1) is 12.2. The molecule has 1 aliphatic rings. The summed E-state index contributed by atoms with van der Waals surface area (Å²) in [5, 5.41) is 3.77. The molecule has 0 radical (unpaired) electrons. The zero-order chi connectivity index (χ0) is 17.6. The van der Waals surface area contributed by atoms with Crippen molar-refractivity contribution < 1.29 is 9.53 Å². The van der Waals surface area contributed by atoms with E-state index in [2.05, 4.69) is 17.4 Å². The molecule has 0 saturated heterocycles. The zero-order valence-corrected chi connectivity index (χ0v) is 15.2. The van der Waals surface area contributed by atoms with E-state index in [9.17, 15) is 4.79 Å². The van der Waals surface area contributed by atoms with E-state index in [-0.39, 0.29) is 23.8 Å². The van der Waals surface area contributed by atoms with Crippen LogP contribution in [0.1, 0.15) is 42.9 Å². The fraction of sp³-hybridized carbons (Fsp3) is 0.381. The molecule has 4 heteroatoms. The lowest BCUT2D eigenvalue weighted by molar-refractivity contribution is -0.122. The Balaban J connectivity index is 1.33. The molecule has 3 unspecified atom stereocenters. The number of rotatable bonds is 8. The van der Waals surface area contributed by atoms with Crippen LogP contribution in [0.3, 0.4) is 0 Å². The van der Waals surface area contributed by atoms with Crippen LogP contribution in [0.2, 0.25) is 5.02 Å².